The van der Waals surface area contributed by atoms with Gasteiger partial charge in [-0.3, -0.25) is 4.79 Å². The predicted octanol–water partition coefficient (Wildman–Crippen LogP) is 2.13. The van der Waals surface area contributed by atoms with Crippen molar-refractivity contribution in [2.45, 2.75) is 43.0 Å². The molecule has 0 saturated carbocycles. The fourth-order valence-electron chi connectivity index (χ4n) is 3.40. The molecule has 1 atom stereocenters. The summed E-state index contributed by atoms with van der Waals surface area (Å²) in [5.74, 6) is -2.10. The van der Waals surface area contributed by atoms with E-state index in [0.29, 0.717) is 32.0 Å². The zero-order valence-corrected chi connectivity index (χ0v) is 14.1. The highest BCUT2D eigenvalue weighted by Crippen LogP contribution is 2.28. The number of carbonyl (C=O) groups excluding carboxylic acids is 1. The van der Waals surface area contributed by atoms with Gasteiger partial charge in [0.2, 0.25) is 15.9 Å². The number of sulfonamides is 1. The standard InChI is InChI=1S/C16H20F2N2O3S/c17-12-9-13(18)11-14(10-12)24(22,23)20-8-2-1-5-15(20)16(21)19-6-3-4-7-19/h9-11,15H,1-8H2. The highest BCUT2D eigenvalue weighted by molar-refractivity contribution is 7.89. The maximum atomic E-state index is 13.4. The molecular formula is C16H20F2N2O3S. The zero-order valence-electron chi connectivity index (χ0n) is 13.2. The molecular weight excluding hydrogens is 338 g/mol. The molecule has 1 amide bonds. The van der Waals surface area contributed by atoms with Crippen LogP contribution in [0, 0.1) is 11.6 Å². The van der Waals surface area contributed by atoms with Crippen LogP contribution in [0.15, 0.2) is 23.1 Å². The van der Waals surface area contributed by atoms with Gasteiger partial charge >= 0.3 is 0 Å². The Morgan fingerprint density at radius 2 is 1.54 bits per heavy atom. The monoisotopic (exact) mass is 358 g/mol. The van der Waals surface area contributed by atoms with Crippen molar-refractivity contribution in [2.24, 2.45) is 0 Å². The van der Waals surface area contributed by atoms with Crippen molar-refractivity contribution in [1.82, 2.24) is 9.21 Å². The summed E-state index contributed by atoms with van der Waals surface area (Å²) in [4.78, 5) is 13.9. The van der Waals surface area contributed by atoms with E-state index in [1.165, 1.54) is 0 Å². The Labute approximate surface area is 140 Å². The van der Waals surface area contributed by atoms with E-state index in [9.17, 15) is 22.0 Å². The smallest absolute Gasteiger partial charge is 0.244 e. The van der Waals surface area contributed by atoms with Crippen LogP contribution in [0.4, 0.5) is 8.78 Å². The average Bonchev–Trinajstić information content (AvgIpc) is 3.07. The minimum atomic E-state index is -4.12. The molecule has 1 aromatic carbocycles. The number of halogens is 2. The Hall–Kier alpha value is -1.54. The first-order valence-corrected chi connectivity index (χ1v) is 9.60. The van der Waals surface area contributed by atoms with Crippen LogP contribution in [0.25, 0.3) is 0 Å². The summed E-state index contributed by atoms with van der Waals surface area (Å²) in [5, 5.41) is 0. The molecule has 24 heavy (non-hydrogen) atoms. The maximum Gasteiger partial charge on any atom is 0.244 e. The highest BCUT2D eigenvalue weighted by Gasteiger charge is 2.40. The van der Waals surface area contributed by atoms with Crippen molar-refractivity contribution in [3.8, 4) is 0 Å². The molecule has 3 rings (SSSR count). The molecule has 0 N–H and O–H groups in total. The van der Waals surface area contributed by atoms with Gasteiger partial charge in [-0.25, -0.2) is 17.2 Å². The van der Waals surface area contributed by atoms with Gasteiger partial charge in [-0.2, -0.15) is 4.31 Å². The topological polar surface area (TPSA) is 57.7 Å². The van der Waals surface area contributed by atoms with E-state index in [2.05, 4.69) is 0 Å². The summed E-state index contributed by atoms with van der Waals surface area (Å²) in [6.07, 6.45) is 3.65. The molecule has 5 nitrogen and oxygen atoms in total. The van der Waals surface area contributed by atoms with Crippen LogP contribution in [-0.2, 0) is 14.8 Å². The van der Waals surface area contributed by atoms with Gasteiger partial charge in [0.1, 0.15) is 17.7 Å². The first-order valence-electron chi connectivity index (χ1n) is 8.16. The van der Waals surface area contributed by atoms with Gasteiger partial charge < -0.3 is 4.90 Å². The van der Waals surface area contributed by atoms with Gasteiger partial charge in [0.15, 0.2) is 0 Å². The fraction of sp³-hybridized carbons (Fsp3) is 0.562. The minimum absolute atomic E-state index is 0.185. The van der Waals surface area contributed by atoms with Crippen LogP contribution in [-0.4, -0.2) is 49.2 Å². The third kappa shape index (κ3) is 3.30. The van der Waals surface area contributed by atoms with Gasteiger partial charge in [0, 0.05) is 25.7 Å². The van der Waals surface area contributed by atoms with E-state index in [4.69, 9.17) is 0 Å². The van der Waals surface area contributed by atoms with Gasteiger partial charge in [-0.1, -0.05) is 6.42 Å². The largest absolute Gasteiger partial charge is 0.341 e. The molecule has 2 aliphatic heterocycles. The van der Waals surface area contributed by atoms with E-state index < -0.39 is 32.6 Å². The lowest BCUT2D eigenvalue weighted by molar-refractivity contribution is -0.135. The van der Waals surface area contributed by atoms with Gasteiger partial charge in [0.05, 0.1) is 4.90 Å². The van der Waals surface area contributed by atoms with E-state index in [0.717, 1.165) is 35.7 Å². The third-order valence-corrected chi connectivity index (χ3v) is 6.49. The second kappa shape index (κ2) is 6.76. The van der Waals surface area contributed by atoms with Crippen LogP contribution in [0.3, 0.4) is 0 Å². The van der Waals surface area contributed by atoms with Gasteiger partial charge in [0.25, 0.3) is 0 Å². The van der Waals surface area contributed by atoms with Crippen LogP contribution >= 0.6 is 0 Å². The lowest BCUT2D eigenvalue weighted by atomic mass is 10.0. The fourth-order valence-corrected chi connectivity index (χ4v) is 5.09. The molecule has 2 heterocycles. The van der Waals surface area contributed by atoms with E-state index in [-0.39, 0.29) is 12.5 Å². The van der Waals surface area contributed by atoms with Crippen molar-refractivity contribution in [1.29, 1.82) is 0 Å². The number of likely N-dealkylation sites (tertiary alicyclic amines) is 1. The maximum absolute atomic E-state index is 13.4. The lowest BCUT2D eigenvalue weighted by Gasteiger charge is -2.35. The van der Waals surface area contributed by atoms with Crippen LogP contribution in [0.5, 0.6) is 0 Å². The van der Waals surface area contributed by atoms with Crippen molar-refractivity contribution in [3.05, 3.63) is 29.8 Å². The second-order valence-electron chi connectivity index (χ2n) is 6.26. The number of rotatable bonds is 3. The molecule has 8 heteroatoms. The number of nitrogens with zero attached hydrogens (tertiary/aromatic N) is 2. The highest BCUT2D eigenvalue weighted by atomic mass is 32.2. The summed E-state index contributed by atoms with van der Waals surface area (Å²) in [5.41, 5.74) is 0. The Kier molecular flexibility index (Phi) is 4.87. The average molecular weight is 358 g/mol. The van der Waals surface area contributed by atoms with Crippen LogP contribution in [0.1, 0.15) is 32.1 Å². The summed E-state index contributed by atoms with van der Waals surface area (Å²) >= 11 is 0. The van der Waals surface area contributed by atoms with Crippen molar-refractivity contribution < 1.29 is 22.0 Å². The summed E-state index contributed by atoms with van der Waals surface area (Å²) in [6.45, 7) is 1.46. The van der Waals surface area contributed by atoms with Crippen LogP contribution in [0.2, 0.25) is 0 Å². The summed E-state index contributed by atoms with van der Waals surface area (Å²) in [6, 6.07) is 1.44. The summed E-state index contributed by atoms with van der Waals surface area (Å²) in [7, 11) is -4.12. The molecule has 132 valence electrons. The molecule has 0 bridgehead atoms. The first kappa shape index (κ1) is 17.3. The Morgan fingerprint density at radius 1 is 0.958 bits per heavy atom. The number of piperidine rings is 1. The molecule has 1 unspecified atom stereocenters. The molecule has 2 fully saturated rings. The molecule has 1 aromatic rings. The first-order chi connectivity index (χ1) is 11.4. The Morgan fingerprint density at radius 3 is 2.17 bits per heavy atom. The number of hydrogen-bond donors (Lipinski definition) is 0. The predicted molar refractivity (Wildman–Crippen MR) is 83.7 cm³/mol. The van der Waals surface area contributed by atoms with Crippen molar-refractivity contribution in [3.63, 3.8) is 0 Å². The number of amides is 1. The lowest BCUT2D eigenvalue weighted by Crippen LogP contribution is -2.52. The van der Waals surface area contributed by atoms with E-state index in [1.807, 2.05) is 0 Å². The van der Waals surface area contributed by atoms with Gasteiger partial charge in [-0.15, -0.1) is 0 Å². The Bertz CT molecular complexity index is 713. The number of hydrogen-bond acceptors (Lipinski definition) is 3. The normalized spacial score (nSPS) is 22.8. The Balaban J connectivity index is 1.92. The van der Waals surface area contributed by atoms with Crippen molar-refractivity contribution >= 4 is 15.9 Å². The second-order valence-corrected chi connectivity index (χ2v) is 8.16. The third-order valence-electron chi connectivity index (χ3n) is 4.60. The molecule has 0 aromatic heterocycles. The van der Waals surface area contributed by atoms with E-state index in [1.54, 1.807) is 4.90 Å². The molecule has 0 aliphatic carbocycles. The molecule has 0 radical (unpaired) electrons. The molecule has 0 spiro atoms. The quantitative estimate of drug-likeness (QED) is 0.832. The van der Waals surface area contributed by atoms with Crippen LogP contribution < -0.4 is 0 Å². The van der Waals surface area contributed by atoms with Gasteiger partial charge in [-0.05, 0) is 37.8 Å². The zero-order chi connectivity index (χ0) is 17.3. The molecule has 2 aliphatic rings. The minimum Gasteiger partial charge on any atom is -0.341 e. The van der Waals surface area contributed by atoms with Crippen molar-refractivity contribution in [2.75, 3.05) is 19.6 Å². The summed E-state index contributed by atoms with van der Waals surface area (Å²) < 4.78 is 53.7. The SMILES string of the molecule is O=C(C1CCCCN1S(=O)(=O)c1cc(F)cc(F)c1)N1CCCC1. The number of carbonyl (C=O) groups is 1. The molecule has 2 saturated heterocycles. The van der Waals surface area contributed by atoms with E-state index >= 15 is 0 Å². The number of benzene rings is 1.